The van der Waals surface area contributed by atoms with Gasteiger partial charge in [-0.1, -0.05) is 0 Å². The molecule has 2 heterocycles. The van der Waals surface area contributed by atoms with E-state index in [4.69, 9.17) is 0 Å². The topological polar surface area (TPSA) is 0 Å². The van der Waals surface area contributed by atoms with E-state index >= 15 is 0 Å². The van der Waals surface area contributed by atoms with Crippen LogP contribution >= 0.6 is 45.3 Å². The number of hydrogen-bond acceptors (Lipinski definition) is 2. The summed E-state index contributed by atoms with van der Waals surface area (Å²) in [7, 11) is 0. The highest BCUT2D eigenvalue weighted by Crippen LogP contribution is 2.35. The van der Waals surface area contributed by atoms with Gasteiger partial charge in [-0.3, -0.25) is 0 Å². The Bertz CT molecular complexity index is 327. The van der Waals surface area contributed by atoms with Gasteiger partial charge in [0.25, 0.3) is 0 Å². The van der Waals surface area contributed by atoms with Crippen LogP contribution in [0, 0.1) is 9.81 Å². The van der Waals surface area contributed by atoms with Gasteiger partial charge in [0, 0.05) is 10.3 Å². The van der Waals surface area contributed by atoms with Crippen molar-refractivity contribution in [3.8, 4) is 0 Å². The molecule has 0 fully saturated rings. The van der Waals surface area contributed by atoms with Crippen LogP contribution < -0.4 is 0 Å². The van der Waals surface area contributed by atoms with E-state index in [-0.39, 0.29) is 0 Å². The Balaban J connectivity index is 2.98. The van der Waals surface area contributed by atoms with E-state index < -0.39 is 0 Å². The van der Waals surface area contributed by atoms with Crippen LogP contribution in [-0.2, 0) is 0 Å². The third kappa shape index (κ3) is 0.914. The summed E-state index contributed by atoms with van der Waals surface area (Å²) in [5, 5.41) is 3.60. The molecule has 0 nitrogen and oxygen atoms in total. The second-order valence-corrected chi connectivity index (χ2v) is 6.05. The van der Waals surface area contributed by atoms with Crippen molar-refractivity contribution < 1.29 is 0 Å². The van der Waals surface area contributed by atoms with Crippen molar-refractivity contribution in [1.29, 1.82) is 0 Å². The molecule has 0 aromatic carbocycles. The van der Waals surface area contributed by atoms with E-state index in [0.717, 1.165) is 0 Å². The molecule has 0 radical (unpaired) electrons. The fraction of sp³-hybridized carbons (Fsp3) is 0.143. The number of rotatable bonds is 0. The van der Waals surface area contributed by atoms with E-state index in [9.17, 15) is 0 Å². The molecule has 0 bridgehead atoms. The molecule has 3 heteroatoms. The predicted molar refractivity (Wildman–Crippen MR) is 57.2 cm³/mol. The Morgan fingerprint density at radius 1 is 1.50 bits per heavy atom. The molecule has 0 aliphatic carbocycles. The molecular weight excluding hydrogens is 275 g/mol. The van der Waals surface area contributed by atoms with Crippen LogP contribution in [0.2, 0.25) is 0 Å². The van der Waals surface area contributed by atoms with E-state index in [1.54, 1.807) is 0 Å². The Labute approximate surface area is 81.0 Å². The molecule has 0 N–H and O–H groups in total. The van der Waals surface area contributed by atoms with Crippen LogP contribution in [0.1, 0.15) is 4.88 Å². The molecule has 52 valence electrons. The summed E-state index contributed by atoms with van der Waals surface area (Å²) < 4.78 is 2.89. The third-order valence-electron chi connectivity index (χ3n) is 1.47. The molecule has 2 aromatic rings. The Morgan fingerprint density at radius 2 is 2.30 bits per heavy atom. The number of aryl methyl sites for hydroxylation is 1. The molecule has 0 saturated heterocycles. The summed E-state index contributed by atoms with van der Waals surface area (Å²) in [5.74, 6) is 0. The second-order valence-electron chi connectivity index (χ2n) is 2.10. The molecule has 0 saturated carbocycles. The Kier molecular flexibility index (Phi) is 1.74. The highest BCUT2D eigenvalue weighted by atomic mass is 127. The summed E-state index contributed by atoms with van der Waals surface area (Å²) in [4.78, 5) is 1.45. The summed E-state index contributed by atoms with van der Waals surface area (Å²) in [5.41, 5.74) is 0. The predicted octanol–water partition coefficient (Wildman–Crippen LogP) is 3.88. The zero-order valence-electron chi connectivity index (χ0n) is 5.35. The third-order valence-corrected chi connectivity index (χ3v) is 5.00. The lowest BCUT2D eigenvalue weighted by Crippen LogP contribution is -1.52. The summed E-state index contributed by atoms with van der Waals surface area (Å²) in [6, 6.07) is 2.20. The minimum Gasteiger partial charge on any atom is -0.142 e. The Morgan fingerprint density at radius 3 is 3.00 bits per heavy atom. The van der Waals surface area contributed by atoms with Gasteiger partial charge in [-0.25, -0.2) is 0 Å². The lowest BCUT2D eigenvalue weighted by Gasteiger charge is -1.75. The van der Waals surface area contributed by atoms with Gasteiger partial charge < -0.3 is 0 Å². The van der Waals surface area contributed by atoms with Crippen LogP contribution in [0.4, 0.5) is 0 Å². The first-order valence-corrected chi connectivity index (χ1v) is 5.68. The van der Waals surface area contributed by atoms with Gasteiger partial charge >= 0.3 is 0 Å². The molecule has 0 amide bonds. The highest BCUT2D eigenvalue weighted by molar-refractivity contribution is 14.1. The van der Waals surface area contributed by atoms with Crippen molar-refractivity contribution in [2.45, 2.75) is 6.92 Å². The average Bonchev–Trinajstić information content (AvgIpc) is 2.39. The zero-order valence-corrected chi connectivity index (χ0v) is 9.14. The van der Waals surface area contributed by atoms with Crippen LogP contribution in [-0.4, -0.2) is 0 Å². The monoisotopic (exact) mass is 280 g/mol. The normalized spacial score (nSPS) is 11.0. The van der Waals surface area contributed by atoms with Gasteiger partial charge in [-0.15, -0.1) is 22.7 Å². The van der Waals surface area contributed by atoms with E-state index in [0.29, 0.717) is 0 Å². The maximum absolute atomic E-state index is 2.40. The van der Waals surface area contributed by atoms with Crippen LogP contribution in [0.3, 0.4) is 0 Å². The minimum atomic E-state index is 1.43. The highest BCUT2D eigenvalue weighted by Gasteiger charge is 2.05. The maximum Gasteiger partial charge on any atom is 0.0834 e. The van der Waals surface area contributed by atoms with Gasteiger partial charge in [-0.05, 0) is 41.0 Å². The molecule has 0 spiro atoms. The molecule has 10 heavy (non-hydrogen) atoms. The molecule has 2 rings (SSSR count). The number of thiophene rings is 2. The first-order valence-electron chi connectivity index (χ1n) is 2.91. The van der Waals surface area contributed by atoms with Gasteiger partial charge in [0.1, 0.15) is 0 Å². The quantitative estimate of drug-likeness (QED) is 0.642. The van der Waals surface area contributed by atoms with Crippen molar-refractivity contribution >= 4 is 55.4 Å². The van der Waals surface area contributed by atoms with Gasteiger partial charge in [0.15, 0.2) is 0 Å². The second kappa shape index (κ2) is 2.46. The molecule has 2 aromatic heterocycles. The van der Waals surface area contributed by atoms with Crippen LogP contribution in [0.25, 0.3) is 10.1 Å². The first-order chi connectivity index (χ1) is 4.79. The van der Waals surface area contributed by atoms with Gasteiger partial charge in [0.05, 0.1) is 7.58 Å². The van der Waals surface area contributed by atoms with Crippen molar-refractivity contribution in [3.63, 3.8) is 0 Å². The van der Waals surface area contributed by atoms with Crippen molar-refractivity contribution in [1.82, 2.24) is 0 Å². The molecule has 0 aliphatic rings. The fourth-order valence-corrected chi connectivity index (χ4v) is 4.50. The standard InChI is InChI=1S/C7H5IS2/c1-4-5-2-3-9-6(5)7(8)10-4/h2-3H,1H3. The molecular formula is C7H5IS2. The SMILES string of the molecule is Cc1sc(I)c2sccc12. The fourth-order valence-electron chi connectivity index (χ4n) is 0.974. The molecule has 0 aliphatic heterocycles. The number of halogens is 1. The maximum atomic E-state index is 2.40. The van der Waals surface area contributed by atoms with Gasteiger partial charge in [-0.2, -0.15) is 0 Å². The van der Waals surface area contributed by atoms with Crippen molar-refractivity contribution in [3.05, 3.63) is 19.2 Å². The Hall–Kier alpha value is 0.390. The van der Waals surface area contributed by atoms with Gasteiger partial charge in [0.2, 0.25) is 0 Å². The van der Waals surface area contributed by atoms with E-state index in [1.165, 1.54) is 17.8 Å². The average molecular weight is 280 g/mol. The smallest absolute Gasteiger partial charge is 0.0834 e. The number of hydrogen-bond donors (Lipinski definition) is 0. The van der Waals surface area contributed by atoms with Crippen LogP contribution in [0.5, 0.6) is 0 Å². The number of fused-ring (bicyclic) bond motifs is 1. The van der Waals surface area contributed by atoms with Crippen molar-refractivity contribution in [2.75, 3.05) is 0 Å². The zero-order chi connectivity index (χ0) is 7.14. The van der Waals surface area contributed by atoms with E-state index in [1.807, 2.05) is 22.7 Å². The first kappa shape index (κ1) is 7.06. The largest absolute Gasteiger partial charge is 0.142 e. The lowest BCUT2D eigenvalue weighted by molar-refractivity contribution is 1.70. The molecule has 0 unspecified atom stereocenters. The summed E-state index contributed by atoms with van der Waals surface area (Å²) in [6.07, 6.45) is 0. The summed E-state index contributed by atoms with van der Waals surface area (Å²) >= 11 is 6.13. The summed E-state index contributed by atoms with van der Waals surface area (Å²) in [6.45, 7) is 2.18. The van der Waals surface area contributed by atoms with Crippen molar-refractivity contribution in [2.24, 2.45) is 0 Å². The molecule has 0 atom stereocenters. The van der Waals surface area contributed by atoms with E-state index in [2.05, 4.69) is 41.0 Å². The lowest BCUT2D eigenvalue weighted by atomic mass is 10.3. The van der Waals surface area contributed by atoms with Crippen LogP contribution in [0.15, 0.2) is 11.4 Å². The minimum absolute atomic E-state index is 1.43.